The van der Waals surface area contributed by atoms with E-state index in [1.807, 2.05) is 0 Å². The van der Waals surface area contributed by atoms with Crippen LogP contribution >= 0.6 is 12.4 Å². The van der Waals surface area contributed by atoms with E-state index in [0.717, 1.165) is 19.4 Å². The summed E-state index contributed by atoms with van der Waals surface area (Å²) in [6, 6.07) is 4.94. The average molecular weight is 272 g/mol. The van der Waals surface area contributed by atoms with E-state index in [1.54, 1.807) is 23.2 Å². The van der Waals surface area contributed by atoms with Gasteiger partial charge in [0.15, 0.2) is 0 Å². The molecule has 1 unspecified atom stereocenters. The second-order valence-electron chi connectivity index (χ2n) is 4.41. The van der Waals surface area contributed by atoms with E-state index in [0.29, 0.717) is 6.54 Å². The van der Waals surface area contributed by atoms with Crippen molar-refractivity contribution >= 4 is 18.3 Å². The number of pyridine rings is 1. The summed E-state index contributed by atoms with van der Waals surface area (Å²) in [7, 11) is 0. The van der Waals surface area contributed by atoms with Gasteiger partial charge in [-0.3, -0.25) is 9.59 Å². The fourth-order valence-electron chi connectivity index (χ4n) is 2.07. The van der Waals surface area contributed by atoms with E-state index >= 15 is 0 Å². The van der Waals surface area contributed by atoms with Crippen LogP contribution in [0.5, 0.6) is 0 Å². The van der Waals surface area contributed by atoms with Crippen LogP contribution in [0, 0.1) is 0 Å². The van der Waals surface area contributed by atoms with Crippen molar-refractivity contribution in [1.29, 1.82) is 0 Å². The lowest BCUT2D eigenvalue weighted by atomic mass is 10.1. The van der Waals surface area contributed by atoms with Crippen LogP contribution in [0.1, 0.15) is 12.8 Å². The molecule has 0 aliphatic carbocycles. The normalized spacial score (nSPS) is 19.2. The molecule has 1 saturated heterocycles. The van der Waals surface area contributed by atoms with E-state index in [1.165, 1.54) is 10.6 Å². The van der Waals surface area contributed by atoms with Crippen molar-refractivity contribution in [2.45, 2.75) is 25.4 Å². The second kappa shape index (κ2) is 6.56. The predicted molar refractivity (Wildman–Crippen MR) is 71.7 cm³/mol. The first-order valence-corrected chi connectivity index (χ1v) is 5.85. The van der Waals surface area contributed by atoms with Gasteiger partial charge in [0.2, 0.25) is 5.91 Å². The van der Waals surface area contributed by atoms with E-state index in [2.05, 4.69) is 0 Å². The summed E-state index contributed by atoms with van der Waals surface area (Å²) in [4.78, 5) is 25.2. The maximum atomic E-state index is 12.0. The molecule has 2 N–H and O–H groups in total. The number of carbonyl (C=O) groups is 1. The van der Waals surface area contributed by atoms with Gasteiger partial charge >= 0.3 is 0 Å². The third kappa shape index (κ3) is 3.58. The summed E-state index contributed by atoms with van der Waals surface area (Å²) in [6.45, 7) is 1.45. The van der Waals surface area contributed by atoms with Gasteiger partial charge in [-0.2, -0.15) is 0 Å². The Balaban J connectivity index is 0.00000162. The number of amides is 1. The number of nitrogens with two attached hydrogens (primary N) is 1. The van der Waals surface area contributed by atoms with Crippen LogP contribution in [-0.2, 0) is 11.3 Å². The van der Waals surface area contributed by atoms with Crippen molar-refractivity contribution in [2.75, 3.05) is 13.1 Å². The fourth-order valence-corrected chi connectivity index (χ4v) is 2.07. The number of likely N-dealkylation sites (tertiary alicyclic amines) is 1. The zero-order chi connectivity index (χ0) is 12.3. The minimum Gasteiger partial charge on any atom is -0.340 e. The topological polar surface area (TPSA) is 68.3 Å². The molecule has 2 rings (SSSR count). The van der Waals surface area contributed by atoms with Gasteiger partial charge in [-0.15, -0.1) is 12.4 Å². The van der Waals surface area contributed by atoms with Crippen LogP contribution in [0.4, 0.5) is 0 Å². The average Bonchev–Trinajstić information content (AvgIpc) is 2.32. The smallest absolute Gasteiger partial charge is 0.250 e. The maximum absolute atomic E-state index is 12.0. The molecule has 0 aromatic carbocycles. The fraction of sp³-hybridized carbons (Fsp3) is 0.500. The van der Waals surface area contributed by atoms with Gasteiger partial charge in [0.1, 0.15) is 6.54 Å². The molecule has 0 radical (unpaired) electrons. The highest BCUT2D eigenvalue weighted by atomic mass is 35.5. The maximum Gasteiger partial charge on any atom is 0.250 e. The molecule has 1 aliphatic rings. The lowest BCUT2D eigenvalue weighted by Crippen LogP contribution is -2.47. The number of aromatic nitrogens is 1. The van der Waals surface area contributed by atoms with Crippen LogP contribution in [0.3, 0.4) is 0 Å². The molecule has 1 aromatic rings. The Morgan fingerprint density at radius 1 is 1.44 bits per heavy atom. The lowest BCUT2D eigenvalue weighted by Gasteiger charge is -2.30. The summed E-state index contributed by atoms with van der Waals surface area (Å²) in [5.74, 6) is -0.0338. The monoisotopic (exact) mass is 271 g/mol. The molecular formula is C12H18ClN3O2. The lowest BCUT2D eigenvalue weighted by molar-refractivity contribution is -0.133. The third-order valence-corrected chi connectivity index (χ3v) is 3.02. The van der Waals surface area contributed by atoms with Crippen LogP contribution < -0.4 is 11.3 Å². The largest absolute Gasteiger partial charge is 0.340 e. The van der Waals surface area contributed by atoms with E-state index in [-0.39, 0.29) is 36.5 Å². The number of halogens is 1. The molecule has 1 aromatic heterocycles. The van der Waals surface area contributed by atoms with E-state index in [9.17, 15) is 9.59 Å². The molecular weight excluding hydrogens is 254 g/mol. The third-order valence-electron chi connectivity index (χ3n) is 3.02. The van der Waals surface area contributed by atoms with Crippen molar-refractivity contribution in [3.05, 3.63) is 34.7 Å². The number of rotatable bonds is 2. The Bertz CT molecular complexity index is 461. The van der Waals surface area contributed by atoms with E-state index < -0.39 is 0 Å². The summed E-state index contributed by atoms with van der Waals surface area (Å²) < 4.78 is 1.42. The Hall–Kier alpha value is -1.33. The van der Waals surface area contributed by atoms with Gasteiger partial charge < -0.3 is 15.2 Å². The molecule has 1 atom stereocenters. The standard InChI is InChI=1S/C12H17N3O2.ClH/c13-10-4-3-7-14(8-10)12(17)9-15-6-2-1-5-11(15)16;/h1-2,5-6,10H,3-4,7-9,13H2;1H. The number of hydrogen-bond donors (Lipinski definition) is 1. The predicted octanol–water partition coefficient (Wildman–Crippen LogP) is 0.220. The van der Waals surface area contributed by atoms with Gasteiger partial charge in [-0.1, -0.05) is 6.07 Å². The minimum atomic E-state index is -0.151. The van der Waals surface area contributed by atoms with E-state index in [4.69, 9.17) is 5.73 Å². The van der Waals surface area contributed by atoms with Gasteiger partial charge in [-0.05, 0) is 18.9 Å². The molecule has 0 saturated carbocycles. The van der Waals surface area contributed by atoms with Crippen molar-refractivity contribution in [2.24, 2.45) is 5.73 Å². The number of nitrogens with zero attached hydrogens (tertiary/aromatic N) is 2. The second-order valence-corrected chi connectivity index (χ2v) is 4.41. The molecule has 18 heavy (non-hydrogen) atoms. The van der Waals surface area contributed by atoms with Crippen LogP contribution in [0.25, 0.3) is 0 Å². The summed E-state index contributed by atoms with van der Waals surface area (Å²) >= 11 is 0. The Morgan fingerprint density at radius 3 is 2.89 bits per heavy atom. The number of piperidine rings is 1. The first-order chi connectivity index (χ1) is 8.16. The zero-order valence-corrected chi connectivity index (χ0v) is 10.9. The molecule has 5 nitrogen and oxygen atoms in total. The van der Waals surface area contributed by atoms with Gasteiger partial charge in [0.05, 0.1) is 0 Å². The highest BCUT2D eigenvalue weighted by Gasteiger charge is 2.21. The molecule has 100 valence electrons. The van der Waals surface area contributed by atoms with Gasteiger partial charge in [0.25, 0.3) is 5.56 Å². The number of carbonyl (C=O) groups excluding carboxylic acids is 1. The SMILES string of the molecule is Cl.NC1CCCN(C(=O)Cn2ccccc2=O)C1. The Kier molecular flexibility index (Phi) is 5.37. The zero-order valence-electron chi connectivity index (χ0n) is 10.1. The van der Waals surface area contributed by atoms with Crippen molar-refractivity contribution < 1.29 is 4.79 Å². The quantitative estimate of drug-likeness (QED) is 0.837. The first-order valence-electron chi connectivity index (χ1n) is 5.85. The first kappa shape index (κ1) is 14.7. The highest BCUT2D eigenvalue weighted by Crippen LogP contribution is 2.08. The Morgan fingerprint density at radius 2 is 2.22 bits per heavy atom. The molecule has 2 heterocycles. The van der Waals surface area contributed by atoms with Crippen molar-refractivity contribution in [1.82, 2.24) is 9.47 Å². The highest BCUT2D eigenvalue weighted by molar-refractivity contribution is 5.85. The molecule has 6 heteroatoms. The van der Waals surface area contributed by atoms with Crippen molar-refractivity contribution in [3.63, 3.8) is 0 Å². The van der Waals surface area contributed by atoms with Gasteiger partial charge in [0, 0.05) is 31.4 Å². The molecule has 1 aliphatic heterocycles. The van der Waals surface area contributed by atoms with Crippen molar-refractivity contribution in [3.8, 4) is 0 Å². The Labute approximate surface area is 112 Å². The number of hydrogen-bond acceptors (Lipinski definition) is 3. The molecule has 0 bridgehead atoms. The molecule has 0 spiro atoms. The molecule has 1 amide bonds. The summed E-state index contributed by atoms with van der Waals surface area (Å²) in [6.07, 6.45) is 3.54. The summed E-state index contributed by atoms with van der Waals surface area (Å²) in [5, 5.41) is 0. The van der Waals surface area contributed by atoms with Crippen LogP contribution in [0.15, 0.2) is 29.2 Å². The van der Waals surface area contributed by atoms with Crippen LogP contribution in [0.2, 0.25) is 0 Å². The molecule has 1 fully saturated rings. The minimum absolute atomic E-state index is 0. The van der Waals surface area contributed by atoms with Crippen LogP contribution in [-0.4, -0.2) is 34.5 Å². The summed E-state index contributed by atoms with van der Waals surface area (Å²) in [5.41, 5.74) is 5.67. The van der Waals surface area contributed by atoms with Gasteiger partial charge in [-0.25, -0.2) is 0 Å².